The summed E-state index contributed by atoms with van der Waals surface area (Å²) in [5.74, 6) is 0. The molecule has 5 nitrogen and oxygen atoms in total. The molecule has 0 bridgehead atoms. The minimum atomic E-state index is -0.389. The molecule has 5 heterocycles. The van der Waals surface area contributed by atoms with Gasteiger partial charge in [-0.1, -0.05) is 342 Å². The van der Waals surface area contributed by atoms with Crippen LogP contribution in [0.3, 0.4) is 0 Å². The summed E-state index contributed by atoms with van der Waals surface area (Å²) in [6, 6.07) is 109. The van der Waals surface area contributed by atoms with Gasteiger partial charge in [-0.3, -0.25) is 4.98 Å². The van der Waals surface area contributed by atoms with Gasteiger partial charge in [0.05, 0.1) is 39.1 Å². The van der Waals surface area contributed by atoms with E-state index in [9.17, 15) is 0 Å². The van der Waals surface area contributed by atoms with Gasteiger partial charge in [-0.15, -0.1) is 0 Å². The van der Waals surface area contributed by atoms with E-state index in [-0.39, 0.29) is 50.0 Å². The predicted octanol–water partition coefficient (Wildman–Crippen LogP) is 30.1. The molecule has 2 aliphatic rings. The van der Waals surface area contributed by atoms with Crippen molar-refractivity contribution < 1.29 is 0 Å². The third-order valence-corrected chi connectivity index (χ3v) is 26.0. The van der Waals surface area contributed by atoms with Gasteiger partial charge in [-0.25, -0.2) is 0 Å². The molecular formula is C115H118BN5. The van der Waals surface area contributed by atoms with Gasteiger partial charge in [0.15, 0.2) is 0 Å². The van der Waals surface area contributed by atoms with Gasteiger partial charge in [0, 0.05) is 100 Å². The van der Waals surface area contributed by atoms with Crippen molar-refractivity contribution in [2.45, 2.75) is 209 Å². The van der Waals surface area contributed by atoms with Crippen LogP contribution in [-0.4, -0.2) is 20.8 Å². The molecular weight excluding hydrogens is 1460 g/mol. The van der Waals surface area contributed by atoms with E-state index >= 15 is 0 Å². The first kappa shape index (κ1) is 80.3. The molecule has 0 spiro atoms. The van der Waals surface area contributed by atoms with E-state index in [0.29, 0.717) is 0 Å². The molecule has 13 aromatic carbocycles. The number of anilines is 6. The van der Waals surface area contributed by atoms with Crippen molar-refractivity contribution in [1.29, 1.82) is 0 Å². The van der Waals surface area contributed by atoms with Crippen LogP contribution in [-0.2, 0) is 43.3 Å². The highest BCUT2D eigenvalue weighted by atomic mass is 15.2. The Morgan fingerprint density at radius 1 is 0.231 bits per heavy atom. The standard InChI is InChI=1S/C115H118BN5/c1-108(2,3)76-43-34-42-74(60-76)75-61-101-104-102(62-75)121(106-87(73-40-32-27-33-41-73)67-81(113(16,17)18)68-92(106)86-52-59-103(114(19,20)21)117-107(86)115(22,23)24)100-70-83(119-97-57-48-79(111(10,11)12)65-90(97)91-66-80(112(13,14)15)49-58-98(91)119)51-54-94(100)116(104)93-53-50-82(118-95-55-46-77(109(4,5)6)63-88(95)89-64-78(110(7,8)9)47-56-96(89)118)69-99(93)120(101)105-84(71-36-28-25-29-37-71)44-35-45-85(105)72-38-30-26-31-39-72/h25-70H,1-24H3. The Labute approximate surface area is 720 Å². The first-order chi connectivity index (χ1) is 57.1. The molecule has 0 unspecified atom stereocenters. The van der Waals surface area contributed by atoms with Crippen LogP contribution >= 0.6 is 0 Å². The van der Waals surface area contributed by atoms with Gasteiger partial charge >= 0.3 is 0 Å². The van der Waals surface area contributed by atoms with Crippen molar-refractivity contribution in [3.63, 3.8) is 0 Å². The van der Waals surface area contributed by atoms with Crippen molar-refractivity contribution in [1.82, 2.24) is 14.1 Å². The van der Waals surface area contributed by atoms with E-state index < -0.39 is 0 Å². The lowest BCUT2D eigenvalue weighted by Crippen LogP contribution is -2.61. The van der Waals surface area contributed by atoms with Crippen LogP contribution in [0.2, 0.25) is 0 Å². The zero-order chi connectivity index (χ0) is 85.5. The molecule has 0 saturated heterocycles. The molecule has 0 radical (unpaired) electrons. The zero-order valence-electron chi connectivity index (χ0n) is 75.9. The predicted molar refractivity (Wildman–Crippen MR) is 524 cm³/mol. The van der Waals surface area contributed by atoms with Gasteiger partial charge in [-0.05, 0) is 213 Å². The maximum Gasteiger partial charge on any atom is 0.252 e. The first-order valence-electron chi connectivity index (χ1n) is 43.9. The fraction of sp³-hybridized carbons (Fsp3) is 0.278. The molecule has 0 fully saturated rings. The molecule has 16 aromatic rings. The van der Waals surface area contributed by atoms with E-state index in [1.165, 1.54) is 93.4 Å². The minimum Gasteiger partial charge on any atom is -0.310 e. The number of aromatic nitrogens is 3. The summed E-state index contributed by atoms with van der Waals surface area (Å²) in [5, 5.41) is 5.02. The van der Waals surface area contributed by atoms with Crippen LogP contribution in [0.1, 0.15) is 211 Å². The molecule has 0 saturated carbocycles. The number of nitrogens with zero attached hydrogens (tertiary/aromatic N) is 5. The molecule has 0 amide bonds. The van der Waals surface area contributed by atoms with Crippen molar-refractivity contribution in [3.8, 4) is 67.0 Å². The quantitative estimate of drug-likeness (QED) is 0.135. The van der Waals surface area contributed by atoms with Gasteiger partial charge in [0.2, 0.25) is 0 Å². The van der Waals surface area contributed by atoms with Crippen molar-refractivity contribution in [2.75, 3.05) is 9.80 Å². The van der Waals surface area contributed by atoms with Crippen molar-refractivity contribution in [3.05, 3.63) is 324 Å². The Morgan fingerprint density at radius 2 is 0.587 bits per heavy atom. The average Bonchev–Trinajstić information content (AvgIpc) is 0.981. The summed E-state index contributed by atoms with van der Waals surface area (Å²) < 4.78 is 5.16. The van der Waals surface area contributed by atoms with Crippen molar-refractivity contribution >= 4 is 101 Å². The number of hydrogen-bond donors (Lipinski definition) is 0. The lowest BCUT2D eigenvalue weighted by atomic mass is 9.33. The second-order valence-corrected chi connectivity index (χ2v) is 43.0. The van der Waals surface area contributed by atoms with Crippen LogP contribution in [0.15, 0.2) is 279 Å². The zero-order valence-corrected chi connectivity index (χ0v) is 75.9. The summed E-state index contributed by atoms with van der Waals surface area (Å²) >= 11 is 0. The molecule has 3 aromatic heterocycles. The fourth-order valence-corrected chi connectivity index (χ4v) is 19.0. The topological polar surface area (TPSA) is 29.2 Å². The normalized spacial score (nSPS) is 13.6. The molecule has 6 heteroatoms. The Morgan fingerprint density at radius 3 is 0.967 bits per heavy atom. The highest BCUT2D eigenvalue weighted by Crippen LogP contribution is 2.57. The Kier molecular flexibility index (Phi) is 18.9. The van der Waals surface area contributed by atoms with Crippen LogP contribution < -0.4 is 26.2 Å². The second-order valence-electron chi connectivity index (χ2n) is 43.0. The summed E-state index contributed by atoms with van der Waals surface area (Å²) in [6.45, 7) is 56.0. The fourth-order valence-electron chi connectivity index (χ4n) is 19.0. The number of hydrogen-bond acceptors (Lipinski definition) is 3. The van der Waals surface area contributed by atoms with Gasteiger partial charge in [0.25, 0.3) is 6.71 Å². The molecule has 0 N–H and O–H groups in total. The third-order valence-electron chi connectivity index (χ3n) is 26.0. The third kappa shape index (κ3) is 14.0. The van der Waals surface area contributed by atoms with E-state index in [2.05, 4.69) is 464 Å². The van der Waals surface area contributed by atoms with Crippen LogP contribution in [0.4, 0.5) is 34.1 Å². The highest BCUT2D eigenvalue weighted by Gasteiger charge is 2.47. The van der Waals surface area contributed by atoms with E-state index in [4.69, 9.17) is 4.98 Å². The van der Waals surface area contributed by atoms with E-state index in [1.807, 2.05) is 0 Å². The van der Waals surface area contributed by atoms with Gasteiger partial charge < -0.3 is 18.9 Å². The lowest BCUT2D eigenvalue weighted by Gasteiger charge is -2.46. The Balaban J connectivity index is 1.06. The number of fused-ring (bicyclic) bond motifs is 10. The molecule has 606 valence electrons. The Hall–Kier alpha value is -11.7. The van der Waals surface area contributed by atoms with Crippen LogP contribution in [0.25, 0.3) is 111 Å². The maximum atomic E-state index is 5.93. The minimum absolute atomic E-state index is 0.0778. The number of pyridine rings is 1. The SMILES string of the molecule is CC(C)(C)c1cccc(-c2cc3c4c(c2)N(c2c(-c5ccccc5)cc(C(C)(C)C)cc2-c2ccc(C(C)(C)C)nc2C(C)(C)C)c2cc(-n5c6ccc(C(C)(C)C)cc6c6cc(C(C)(C)C)ccc65)ccc2B4c2ccc(-n4c5ccc(C(C)(C)C)cc5c5cc(C(C)(C)C)ccc54)cc2N3c2c(-c3ccccc3)cccc2-c2ccccc2)c1. The summed E-state index contributed by atoms with van der Waals surface area (Å²) in [5.41, 5.74) is 37.0. The van der Waals surface area contributed by atoms with E-state index in [0.717, 1.165) is 113 Å². The van der Waals surface area contributed by atoms with Gasteiger partial charge in [0.1, 0.15) is 0 Å². The molecule has 0 atom stereocenters. The maximum absolute atomic E-state index is 5.93. The molecule has 2 aliphatic heterocycles. The number of benzene rings is 13. The summed E-state index contributed by atoms with van der Waals surface area (Å²) in [6.07, 6.45) is 0. The molecule has 18 rings (SSSR count). The summed E-state index contributed by atoms with van der Waals surface area (Å²) in [7, 11) is 0. The highest BCUT2D eigenvalue weighted by molar-refractivity contribution is 7.00. The monoisotopic (exact) mass is 1580 g/mol. The molecule has 121 heavy (non-hydrogen) atoms. The average molecular weight is 1580 g/mol. The smallest absolute Gasteiger partial charge is 0.252 e. The first-order valence-corrected chi connectivity index (χ1v) is 43.9. The van der Waals surface area contributed by atoms with E-state index in [1.54, 1.807) is 0 Å². The van der Waals surface area contributed by atoms with Crippen molar-refractivity contribution in [2.24, 2.45) is 0 Å². The number of rotatable bonds is 9. The molecule has 0 aliphatic carbocycles. The van der Waals surface area contributed by atoms with Gasteiger partial charge in [-0.2, -0.15) is 0 Å². The Bertz CT molecular complexity index is 6630. The largest absolute Gasteiger partial charge is 0.310 e. The second kappa shape index (κ2) is 28.5. The summed E-state index contributed by atoms with van der Waals surface area (Å²) in [4.78, 5) is 11.4. The van der Waals surface area contributed by atoms with Crippen LogP contribution in [0.5, 0.6) is 0 Å². The van der Waals surface area contributed by atoms with Crippen LogP contribution in [0, 0.1) is 0 Å². The lowest BCUT2D eigenvalue weighted by molar-refractivity contribution is 0.532. The number of para-hydroxylation sites is 1.